The third-order valence-corrected chi connectivity index (χ3v) is 5.75. The smallest absolute Gasteiger partial charge is 0.251 e. The molecule has 0 saturated carbocycles. The number of anilines is 1. The van der Waals surface area contributed by atoms with E-state index in [1.54, 1.807) is 37.5 Å². The monoisotopic (exact) mass is 465 g/mol. The molecule has 1 heterocycles. The predicted molar refractivity (Wildman–Crippen MR) is 130 cm³/mol. The minimum atomic E-state index is -0.400. The number of nitrogens with zero attached hydrogens (tertiary/aromatic N) is 3. The number of methoxy groups -OCH3 is 1. The minimum Gasteiger partial charge on any atom is -0.497 e. The summed E-state index contributed by atoms with van der Waals surface area (Å²) < 4.78 is 6.97. The number of aromatic nitrogens is 3. The van der Waals surface area contributed by atoms with Crippen molar-refractivity contribution >= 4 is 29.3 Å². The fraction of sp³-hybridized carbons (Fsp3) is 0.250. The second-order valence-electron chi connectivity index (χ2n) is 7.37. The van der Waals surface area contributed by atoms with E-state index >= 15 is 0 Å². The van der Waals surface area contributed by atoms with Crippen LogP contribution < -0.4 is 15.4 Å². The van der Waals surface area contributed by atoms with E-state index in [1.807, 2.05) is 42.7 Å². The first-order valence-corrected chi connectivity index (χ1v) is 11.4. The number of aryl methyl sites for hydroxylation is 1. The summed E-state index contributed by atoms with van der Waals surface area (Å²) in [5.41, 5.74) is 2.34. The van der Waals surface area contributed by atoms with E-state index < -0.39 is 6.04 Å². The molecule has 0 bridgehead atoms. The largest absolute Gasteiger partial charge is 0.497 e. The third-order valence-electron chi connectivity index (χ3n) is 4.78. The van der Waals surface area contributed by atoms with Crippen molar-refractivity contribution in [1.29, 1.82) is 0 Å². The molecule has 0 spiro atoms. The van der Waals surface area contributed by atoms with E-state index in [-0.39, 0.29) is 17.6 Å². The summed E-state index contributed by atoms with van der Waals surface area (Å²) in [7, 11) is 1.57. The van der Waals surface area contributed by atoms with Gasteiger partial charge in [-0.15, -0.1) is 16.8 Å². The minimum absolute atomic E-state index is 0.138. The Morgan fingerprint density at radius 2 is 1.97 bits per heavy atom. The lowest BCUT2D eigenvalue weighted by Gasteiger charge is -2.15. The lowest BCUT2D eigenvalue weighted by Crippen LogP contribution is -2.28. The lowest BCUT2D eigenvalue weighted by atomic mass is 10.2. The highest BCUT2D eigenvalue weighted by atomic mass is 32.2. The van der Waals surface area contributed by atoms with Crippen LogP contribution in [0.4, 0.5) is 5.69 Å². The Morgan fingerprint density at radius 1 is 1.21 bits per heavy atom. The number of ether oxygens (including phenoxy) is 1. The molecule has 33 heavy (non-hydrogen) atoms. The normalized spacial score (nSPS) is 11.5. The van der Waals surface area contributed by atoms with Gasteiger partial charge in [0.2, 0.25) is 5.91 Å². The summed E-state index contributed by atoms with van der Waals surface area (Å²) in [5.74, 6) is 1.07. The van der Waals surface area contributed by atoms with Gasteiger partial charge in [0.25, 0.3) is 5.91 Å². The summed E-state index contributed by atoms with van der Waals surface area (Å²) >= 11 is 1.28. The Balaban J connectivity index is 1.65. The van der Waals surface area contributed by atoms with Crippen LogP contribution in [-0.2, 0) is 11.3 Å². The van der Waals surface area contributed by atoms with Crippen LogP contribution in [0, 0.1) is 6.92 Å². The van der Waals surface area contributed by atoms with Crippen molar-refractivity contribution in [2.24, 2.45) is 0 Å². The highest BCUT2D eigenvalue weighted by Crippen LogP contribution is 2.22. The number of carbonyl (C=O) groups excluding carboxylic acids is 2. The second kappa shape index (κ2) is 11.3. The van der Waals surface area contributed by atoms with Gasteiger partial charge in [-0.2, -0.15) is 0 Å². The SMILES string of the molecule is C=CCn1c(SCC(=O)Nc2cccc(C)c2)nnc1C(C)NC(=O)c1ccc(OC)cc1. The maximum absolute atomic E-state index is 12.6. The lowest BCUT2D eigenvalue weighted by molar-refractivity contribution is -0.113. The van der Waals surface area contributed by atoms with Crippen molar-refractivity contribution < 1.29 is 14.3 Å². The molecular formula is C24H27N5O3S. The molecule has 3 aromatic rings. The topological polar surface area (TPSA) is 98.1 Å². The first-order chi connectivity index (χ1) is 15.9. The molecule has 0 radical (unpaired) electrons. The van der Waals surface area contributed by atoms with Gasteiger partial charge < -0.3 is 19.9 Å². The van der Waals surface area contributed by atoms with Crippen LogP contribution >= 0.6 is 11.8 Å². The summed E-state index contributed by atoms with van der Waals surface area (Å²) in [5, 5.41) is 14.9. The predicted octanol–water partition coefficient (Wildman–Crippen LogP) is 4.00. The molecule has 0 aliphatic heterocycles. The highest BCUT2D eigenvalue weighted by molar-refractivity contribution is 7.99. The van der Waals surface area contributed by atoms with E-state index in [9.17, 15) is 9.59 Å². The first-order valence-electron chi connectivity index (χ1n) is 10.4. The van der Waals surface area contributed by atoms with Crippen molar-refractivity contribution in [3.8, 4) is 5.75 Å². The summed E-state index contributed by atoms with van der Waals surface area (Å²) in [6, 6.07) is 14.1. The van der Waals surface area contributed by atoms with Crippen molar-refractivity contribution in [2.75, 3.05) is 18.2 Å². The van der Waals surface area contributed by atoms with Gasteiger partial charge in [-0.25, -0.2) is 0 Å². The number of thioether (sulfide) groups is 1. The zero-order valence-corrected chi connectivity index (χ0v) is 19.7. The van der Waals surface area contributed by atoms with Crippen LogP contribution in [0.3, 0.4) is 0 Å². The van der Waals surface area contributed by atoms with Crippen LogP contribution in [0.2, 0.25) is 0 Å². The Morgan fingerprint density at radius 3 is 2.64 bits per heavy atom. The van der Waals surface area contributed by atoms with Crippen molar-refractivity contribution in [3.05, 3.63) is 78.1 Å². The molecule has 1 unspecified atom stereocenters. The van der Waals surface area contributed by atoms with Crippen LogP contribution in [-0.4, -0.2) is 39.4 Å². The van der Waals surface area contributed by atoms with E-state index in [0.29, 0.717) is 28.8 Å². The summed E-state index contributed by atoms with van der Waals surface area (Å²) in [4.78, 5) is 25.0. The third kappa shape index (κ3) is 6.45. The summed E-state index contributed by atoms with van der Waals surface area (Å²) in [6.07, 6.45) is 1.72. The van der Waals surface area contributed by atoms with Gasteiger partial charge >= 0.3 is 0 Å². The Kier molecular flexibility index (Phi) is 8.26. The molecule has 1 atom stereocenters. The van der Waals surface area contributed by atoms with E-state index in [2.05, 4.69) is 27.4 Å². The van der Waals surface area contributed by atoms with E-state index in [1.165, 1.54) is 11.8 Å². The molecule has 9 heteroatoms. The molecule has 0 fully saturated rings. The molecule has 172 valence electrons. The number of nitrogens with one attached hydrogen (secondary N) is 2. The fourth-order valence-corrected chi connectivity index (χ4v) is 3.92. The second-order valence-corrected chi connectivity index (χ2v) is 8.31. The molecule has 0 aliphatic carbocycles. The number of hydrogen-bond donors (Lipinski definition) is 2. The number of benzene rings is 2. The number of carbonyl (C=O) groups is 2. The number of amides is 2. The fourth-order valence-electron chi connectivity index (χ4n) is 3.16. The maximum atomic E-state index is 12.6. The Bertz CT molecular complexity index is 1130. The van der Waals surface area contributed by atoms with E-state index in [0.717, 1.165) is 11.3 Å². The van der Waals surface area contributed by atoms with Crippen LogP contribution in [0.25, 0.3) is 0 Å². The van der Waals surface area contributed by atoms with Gasteiger partial charge in [-0.3, -0.25) is 9.59 Å². The molecule has 1 aromatic heterocycles. The van der Waals surface area contributed by atoms with Gasteiger partial charge in [-0.1, -0.05) is 30.0 Å². The molecule has 0 aliphatic rings. The molecule has 3 rings (SSSR count). The molecule has 2 N–H and O–H groups in total. The maximum Gasteiger partial charge on any atom is 0.251 e. The van der Waals surface area contributed by atoms with Crippen molar-refractivity contribution in [1.82, 2.24) is 20.1 Å². The molecular weight excluding hydrogens is 438 g/mol. The van der Waals surface area contributed by atoms with Gasteiger partial charge in [0, 0.05) is 17.8 Å². The Labute approximate surface area is 197 Å². The van der Waals surface area contributed by atoms with Crippen molar-refractivity contribution in [2.45, 2.75) is 31.6 Å². The highest BCUT2D eigenvalue weighted by Gasteiger charge is 2.20. The Hall–Kier alpha value is -3.59. The van der Waals surface area contributed by atoms with Gasteiger partial charge in [0.15, 0.2) is 11.0 Å². The molecule has 0 saturated heterocycles. The van der Waals surface area contributed by atoms with Gasteiger partial charge in [0.1, 0.15) is 5.75 Å². The van der Waals surface area contributed by atoms with Crippen LogP contribution in [0.15, 0.2) is 66.3 Å². The number of rotatable bonds is 10. The standard InChI is InChI=1S/C24H27N5O3S/c1-5-13-29-22(17(3)25-23(31)18-9-11-20(32-4)12-10-18)27-28-24(29)33-15-21(30)26-19-8-6-7-16(2)14-19/h5-12,14,17H,1,13,15H2,2-4H3,(H,25,31)(H,26,30). The molecule has 2 aromatic carbocycles. The average Bonchev–Trinajstić information content (AvgIpc) is 3.20. The van der Waals surface area contributed by atoms with E-state index in [4.69, 9.17) is 4.74 Å². The summed E-state index contributed by atoms with van der Waals surface area (Å²) in [6.45, 7) is 8.06. The first kappa shape index (κ1) is 24.1. The van der Waals surface area contributed by atoms with Crippen LogP contribution in [0.1, 0.15) is 34.7 Å². The average molecular weight is 466 g/mol. The zero-order chi connectivity index (χ0) is 23.8. The van der Waals surface area contributed by atoms with Crippen LogP contribution in [0.5, 0.6) is 5.75 Å². The van der Waals surface area contributed by atoms with Gasteiger partial charge in [-0.05, 0) is 55.8 Å². The van der Waals surface area contributed by atoms with Crippen molar-refractivity contribution in [3.63, 3.8) is 0 Å². The molecule has 2 amide bonds. The number of hydrogen-bond acceptors (Lipinski definition) is 6. The zero-order valence-electron chi connectivity index (χ0n) is 18.9. The van der Waals surface area contributed by atoms with Gasteiger partial charge in [0.05, 0.1) is 18.9 Å². The quantitative estimate of drug-likeness (QED) is 0.347. The molecule has 8 nitrogen and oxygen atoms in total. The number of allylic oxidation sites excluding steroid dienone is 1.